The van der Waals surface area contributed by atoms with Crippen LogP contribution in [-0.2, 0) is 16.0 Å². The number of hydrogen-bond acceptors (Lipinski definition) is 4. The maximum Gasteiger partial charge on any atom is 0.412 e. The van der Waals surface area contributed by atoms with Crippen LogP contribution < -0.4 is 5.32 Å². The molecule has 6 nitrogen and oxygen atoms in total. The van der Waals surface area contributed by atoms with Crippen LogP contribution in [0.5, 0.6) is 0 Å². The van der Waals surface area contributed by atoms with Crippen LogP contribution in [0.15, 0.2) is 12.4 Å². The van der Waals surface area contributed by atoms with E-state index >= 15 is 0 Å². The van der Waals surface area contributed by atoms with E-state index in [0.717, 1.165) is 0 Å². The van der Waals surface area contributed by atoms with Crippen LogP contribution in [0.4, 0.5) is 10.5 Å². The molecule has 0 unspecified atom stereocenters. The molecular weight excluding hydrogens is 222 g/mol. The van der Waals surface area contributed by atoms with Crippen LogP contribution in [-0.4, -0.2) is 35.2 Å². The number of carbonyl (C=O) groups is 1. The van der Waals surface area contributed by atoms with Gasteiger partial charge in [0.05, 0.1) is 25.0 Å². The summed E-state index contributed by atoms with van der Waals surface area (Å²) in [5.74, 6) is 0. The molecule has 0 atom stereocenters. The standard InChI is InChI=1S/C11H19N3O3/c1-11(2,3)17-10(15)13-9-7-12-14(8-9)5-6-16-4/h7-8H,5-6H2,1-4H3,(H,13,15). The third-order valence-electron chi connectivity index (χ3n) is 1.80. The normalized spacial score (nSPS) is 11.3. The summed E-state index contributed by atoms with van der Waals surface area (Å²) in [6.07, 6.45) is 2.81. The Labute approximate surface area is 101 Å². The van der Waals surface area contributed by atoms with Gasteiger partial charge in [-0.3, -0.25) is 10.00 Å². The van der Waals surface area contributed by atoms with Gasteiger partial charge in [-0.2, -0.15) is 5.10 Å². The Hall–Kier alpha value is -1.56. The van der Waals surface area contributed by atoms with Gasteiger partial charge in [-0.05, 0) is 20.8 Å². The van der Waals surface area contributed by atoms with E-state index < -0.39 is 11.7 Å². The molecule has 0 aliphatic heterocycles. The van der Waals surface area contributed by atoms with Crippen molar-refractivity contribution in [3.05, 3.63) is 12.4 Å². The minimum atomic E-state index is -0.504. The first kappa shape index (κ1) is 13.5. The van der Waals surface area contributed by atoms with Crippen LogP contribution >= 0.6 is 0 Å². The molecule has 1 heterocycles. The van der Waals surface area contributed by atoms with Gasteiger partial charge in [0, 0.05) is 13.3 Å². The van der Waals surface area contributed by atoms with E-state index in [-0.39, 0.29) is 0 Å². The quantitative estimate of drug-likeness (QED) is 0.874. The van der Waals surface area contributed by atoms with Gasteiger partial charge in [0.15, 0.2) is 0 Å². The first-order valence-corrected chi connectivity index (χ1v) is 5.42. The Morgan fingerprint density at radius 1 is 1.53 bits per heavy atom. The molecule has 6 heteroatoms. The number of carbonyl (C=O) groups excluding carboxylic acids is 1. The van der Waals surface area contributed by atoms with Crippen molar-refractivity contribution in [2.45, 2.75) is 32.9 Å². The Bertz CT molecular complexity index is 368. The summed E-state index contributed by atoms with van der Waals surface area (Å²) in [7, 11) is 1.63. The summed E-state index contributed by atoms with van der Waals surface area (Å²) in [5, 5.41) is 6.68. The predicted octanol–water partition coefficient (Wildman–Crippen LogP) is 1.88. The molecule has 0 bridgehead atoms. The maximum absolute atomic E-state index is 11.5. The first-order chi connectivity index (χ1) is 7.90. The molecule has 96 valence electrons. The number of nitrogens with zero attached hydrogens (tertiary/aromatic N) is 2. The summed E-state index contributed by atoms with van der Waals surface area (Å²) >= 11 is 0. The van der Waals surface area contributed by atoms with Gasteiger partial charge in [-0.15, -0.1) is 0 Å². The maximum atomic E-state index is 11.5. The van der Waals surface area contributed by atoms with Crippen LogP contribution in [0.2, 0.25) is 0 Å². The van der Waals surface area contributed by atoms with Crippen LogP contribution in [0, 0.1) is 0 Å². The zero-order valence-electron chi connectivity index (χ0n) is 10.7. The van der Waals surface area contributed by atoms with Crippen molar-refractivity contribution >= 4 is 11.8 Å². The second-order valence-corrected chi connectivity index (χ2v) is 4.61. The van der Waals surface area contributed by atoms with Gasteiger partial charge in [0.1, 0.15) is 5.60 Å². The molecule has 0 aliphatic carbocycles. The van der Waals surface area contributed by atoms with E-state index in [9.17, 15) is 4.79 Å². The fraction of sp³-hybridized carbons (Fsp3) is 0.636. The lowest BCUT2D eigenvalue weighted by Gasteiger charge is -2.19. The minimum absolute atomic E-state index is 0.483. The second-order valence-electron chi connectivity index (χ2n) is 4.61. The number of amides is 1. The molecule has 1 N–H and O–H groups in total. The molecule has 0 radical (unpaired) electrons. The summed E-state index contributed by atoms with van der Waals surface area (Å²) in [5.41, 5.74) is 0.103. The SMILES string of the molecule is COCCn1cc(NC(=O)OC(C)(C)C)cn1. The fourth-order valence-electron chi connectivity index (χ4n) is 1.16. The van der Waals surface area contributed by atoms with Gasteiger partial charge in [0.2, 0.25) is 0 Å². The Balaban J connectivity index is 2.46. The zero-order valence-corrected chi connectivity index (χ0v) is 10.7. The largest absolute Gasteiger partial charge is 0.444 e. The smallest absolute Gasteiger partial charge is 0.412 e. The molecular formula is C11H19N3O3. The second kappa shape index (κ2) is 5.67. The lowest BCUT2D eigenvalue weighted by Crippen LogP contribution is -2.27. The van der Waals surface area contributed by atoms with Gasteiger partial charge < -0.3 is 9.47 Å². The third-order valence-corrected chi connectivity index (χ3v) is 1.80. The minimum Gasteiger partial charge on any atom is -0.444 e. The van der Waals surface area contributed by atoms with Crippen molar-refractivity contribution in [1.82, 2.24) is 9.78 Å². The molecule has 1 aromatic rings. The number of anilines is 1. The number of methoxy groups -OCH3 is 1. The zero-order chi connectivity index (χ0) is 12.9. The van der Waals surface area contributed by atoms with Crippen LogP contribution in [0.25, 0.3) is 0 Å². The van der Waals surface area contributed by atoms with Gasteiger partial charge in [-0.1, -0.05) is 0 Å². The van der Waals surface area contributed by atoms with E-state index in [2.05, 4.69) is 10.4 Å². The molecule has 0 aliphatic rings. The van der Waals surface area contributed by atoms with Crippen LogP contribution in [0.3, 0.4) is 0 Å². The molecule has 0 aromatic carbocycles. The van der Waals surface area contributed by atoms with Crippen molar-refractivity contribution in [3.8, 4) is 0 Å². The molecule has 1 amide bonds. The predicted molar refractivity (Wildman–Crippen MR) is 64.0 cm³/mol. The number of aromatic nitrogens is 2. The number of rotatable bonds is 4. The van der Waals surface area contributed by atoms with Gasteiger partial charge in [0.25, 0.3) is 0 Å². The molecule has 1 rings (SSSR count). The lowest BCUT2D eigenvalue weighted by atomic mass is 10.2. The number of ether oxygens (including phenoxy) is 2. The van der Waals surface area contributed by atoms with Gasteiger partial charge >= 0.3 is 6.09 Å². The summed E-state index contributed by atoms with van der Waals surface area (Å²) < 4.78 is 11.7. The summed E-state index contributed by atoms with van der Waals surface area (Å²) in [4.78, 5) is 11.5. The molecule has 0 saturated heterocycles. The average Bonchev–Trinajstić information content (AvgIpc) is 2.59. The topological polar surface area (TPSA) is 65.4 Å². The van der Waals surface area contributed by atoms with E-state index in [1.165, 1.54) is 0 Å². The number of hydrogen-bond donors (Lipinski definition) is 1. The third kappa shape index (κ3) is 5.35. The van der Waals surface area contributed by atoms with Crippen molar-refractivity contribution in [3.63, 3.8) is 0 Å². The van der Waals surface area contributed by atoms with Crippen molar-refractivity contribution in [2.75, 3.05) is 19.0 Å². The highest BCUT2D eigenvalue weighted by atomic mass is 16.6. The van der Waals surface area contributed by atoms with E-state index in [1.807, 2.05) is 20.8 Å². The van der Waals surface area contributed by atoms with E-state index in [1.54, 1.807) is 24.2 Å². The van der Waals surface area contributed by atoms with Crippen molar-refractivity contribution < 1.29 is 14.3 Å². The fourth-order valence-corrected chi connectivity index (χ4v) is 1.16. The Morgan fingerprint density at radius 2 is 2.24 bits per heavy atom. The molecule has 0 spiro atoms. The monoisotopic (exact) mass is 241 g/mol. The summed E-state index contributed by atoms with van der Waals surface area (Å²) in [6, 6.07) is 0. The van der Waals surface area contributed by atoms with Crippen molar-refractivity contribution in [1.29, 1.82) is 0 Å². The average molecular weight is 241 g/mol. The molecule has 17 heavy (non-hydrogen) atoms. The van der Waals surface area contributed by atoms with Gasteiger partial charge in [-0.25, -0.2) is 4.79 Å². The number of nitrogens with one attached hydrogen (secondary N) is 1. The lowest BCUT2D eigenvalue weighted by molar-refractivity contribution is 0.0636. The first-order valence-electron chi connectivity index (χ1n) is 5.42. The van der Waals surface area contributed by atoms with E-state index in [4.69, 9.17) is 9.47 Å². The molecule has 1 aromatic heterocycles. The molecule has 0 fully saturated rings. The van der Waals surface area contributed by atoms with Crippen LogP contribution in [0.1, 0.15) is 20.8 Å². The molecule has 0 saturated carbocycles. The Morgan fingerprint density at radius 3 is 2.82 bits per heavy atom. The highest BCUT2D eigenvalue weighted by Crippen LogP contribution is 2.10. The highest BCUT2D eigenvalue weighted by molar-refractivity contribution is 5.84. The Kier molecular flexibility index (Phi) is 4.51. The summed E-state index contributed by atoms with van der Waals surface area (Å²) in [6.45, 7) is 6.66. The van der Waals surface area contributed by atoms with Crippen molar-refractivity contribution in [2.24, 2.45) is 0 Å². The highest BCUT2D eigenvalue weighted by Gasteiger charge is 2.16. The van der Waals surface area contributed by atoms with E-state index in [0.29, 0.717) is 18.8 Å².